The fourth-order valence-electron chi connectivity index (χ4n) is 2.89. The van der Waals surface area contributed by atoms with E-state index in [4.69, 9.17) is 11.6 Å². The van der Waals surface area contributed by atoms with Gasteiger partial charge in [0.2, 0.25) is 0 Å². The van der Waals surface area contributed by atoms with Gasteiger partial charge in [0.25, 0.3) is 11.8 Å². The van der Waals surface area contributed by atoms with E-state index in [-0.39, 0.29) is 16.5 Å². The van der Waals surface area contributed by atoms with Crippen LogP contribution in [0.15, 0.2) is 66.4 Å². The van der Waals surface area contributed by atoms with Crippen LogP contribution in [0.4, 0.5) is 0 Å². The van der Waals surface area contributed by atoms with Gasteiger partial charge in [-0.25, -0.2) is 8.42 Å². The maximum atomic E-state index is 12.8. The Bertz CT molecular complexity index is 1010. The number of carbonyl (C=O) groups excluding carboxylic acids is 2. The summed E-state index contributed by atoms with van der Waals surface area (Å²) in [5.41, 5.74) is 0.680. The van der Waals surface area contributed by atoms with Crippen molar-refractivity contribution in [3.8, 4) is 0 Å². The first-order chi connectivity index (χ1) is 13.4. The zero-order valence-electron chi connectivity index (χ0n) is 14.9. The summed E-state index contributed by atoms with van der Waals surface area (Å²) in [6.07, 6.45) is 0.812. The van der Waals surface area contributed by atoms with Crippen molar-refractivity contribution in [2.75, 3.05) is 5.75 Å². The van der Waals surface area contributed by atoms with E-state index in [1.165, 1.54) is 0 Å². The molecule has 1 heterocycles. The normalized spacial score (nSPS) is 18.8. The number of benzene rings is 2. The molecule has 3 rings (SSSR count). The molecule has 1 aliphatic heterocycles. The summed E-state index contributed by atoms with van der Waals surface area (Å²) in [7, 11) is -3.40. The summed E-state index contributed by atoms with van der Waals surface area (Å²) in [6, 6.07) is 17.0. The van der Waals surface area contributed by atoms with Gasteiger partial charge in [0.1, 0.15) is 11.1 Å². The molecule has 2 amide bonds. The summed E-state index contributed by atoms with van der Waals surface area (Å²) in [6.45, 7) is 0. The van der Waals surface area contributed by atoms with Gasteiger partial charge < -0.3 is 10.6 Å². The monoisotopic (exact) mass is 418 g/mol. The summed E-state index contributed by atoms with van der Waals surface area (Å²) in [5, 5.41) is 4.07. The molecule has 1 atom stereocenters. The molecule has 0 bridgehead atoms. The minimum absolute atomic E-state index is 0.0257. The van der Waals surface area contributed by atoms with Crippen LogP contribution < -0.4 is 10.6 Å². The van der Waals surface area contributed by atoms with Crippen LogP contribution in [0.5, 0.6) is 0 Å². The predicted molar refractivity (Wildman–Crippen MR) is 108 cm³/mol. The van der Waals surface area contributed by atoms with Crippen LogP contribution in [0.25, 0.3) is 5.03 Å². The summed E-state index contributed by atoms with van der Waals surface area (Å²) >= 11 is 6.41. The lowest BCUT2D eigenvalue weighted by Gasteiger charge is -2.16. The molecule has 0 radical (unpaired) electrons. The molecule has 0 aromatic heterocycles. The zero-order valence-corrected chi connectivity index (χ0v) is 16.5. The van der Waals surface area contributed by atoms with Gasteiger partial charge in [-0.2, -0.15) is 0 Å². The first-order valence-corrected chi connectivity index (χ1v) is 10.8. The molecule has 2 N–H and O–H groups in total. The fourth-order valence-corrected chi connectivity index (χ4v) is 4.81. The van der Waals surface area contributed by atoms with E-state index in [0.717, 1.165) is 0 Å². The Morgan fingerprint density at radius 2 is 1.50 bits per heavy atom. The highest BCUT2D eigenvalue weighted by molar-refractivity contribution is 7.92. The summed E-state index contributed by atoms with van der Waals surface area (Å²) < 4.78 is 24.1. The Hall–Kier alpha value is -2.64. The SMILES string of the molecule is O=C(N[C@@H]1CCCS1(=O)=O)/C(NC(=O)c1ccccc1)=C(\Cl)c1ccccc1. The third-order valence-corrected chi connectivity index (χ3v) is 6.85. The number of nitrogens with one attached hydrogen (secondary N) is 2. The Labute approximate surface area is 168 Å². The van der Waals surface area contributed by atoms with Gasteiger partial charge in [-0.05, 0) is 30.5 Å². The molecule has 1 fully saturated rings. The van der Waals surface area contributed by atoms with E-state index in [9.17, 15) is 18.0 Å². The van der Waals surface area contributed by atoms with Gasteiger partial charge in [0, 0.05) is 5.56 Å². The van der Waals surface area contributed by atoms with Gasteiger partial charge in [-0.3, -0.25) is 9.59 Å². The van der Waals surface area contributed by atoms with Gasteiger partial charge in [0.15, 0.2) is 9.84 Å². The lowest BCUT2D eigenvalue weighted by atomic mass is 10.1. The average molecular weight is 419 g/mol. The van der Waals surface area contributed by atoms with Gasteiger partial charge in [-0.1, -0.05) is 60.1 Å². The van der Waals surface area contributed by atoms with Crippen molar-refractivity contribution in [2.24, 2.45) is 0 Å². The van der Waals surface area contributed by atoms with Crippen molar-refractivity contribution in [3.05, 3.63) is 77.5 Å². The van der Waals surface area contributed by atoms with E-state index in [1.54, 1.807) is 60.7 Å². The van der Waals surface area contributed by atoms with Crippen molar-refractivity contribution in [1.29, 1.82) is 0 Å². The number of sulfone groups is 1. The third kappa shape index (κ3) is 4.61. The minimum atomic E-state index is -3.40. The Balaban J connectivity index is 1.92. The van der Waals surface area contributed by atoms with Gasteiger partial charge in [-0.15, -0.1) is 0 Å². The molecular weight excluding hydrogens is 400 g/mol. The average Bonchev–Trinajstić information content (AvgIpc) is 3.04. The quantitative estimate of drug-likeness (QED) is 0.730. The highest BCUT2D eigenvalue weighted by atomic mass is 35.5. The molecule has 6 nitrogen and oxygen atoms in total. The van der Waals surface area contributed by atoms with Crippen molar-refractivity contribution >= 4 is 38.3 Å². The second-order valence-electron chi connectivity index (χ2n) is 6.35. The molecule has 146 valence electrons. The van der Waals surface area contributed by atoms with Crippen LogP contribution in [-0.2, 0) is 14.6 Å². The minimum Gasteiger partial charge on any atom is -0.334 e. The summed E-state index contributed by atoms with van der Waals surface area (Å²) in [4.78, 5) is 25.4. The molecule has 0 spiro atoms. The number of carbonyl (C=O) groups is 2. The maximum Gasteiger partial charge on any atom is 0.270 e. The van der Waals surface area contributed by atoms with Crippen LogP contribution in [0, 0.1) is 0 Å². The van der Waals surface area contributed by atoms with Crippen molar-refractivity contribution in [2.45, 2.75) is 18.2 Å². The van der Waals surface area contributed by atoms with Crippen LogP contribution >= 0.6 is 11.6 Å². The van der Waals surface area contributed by atoms with E-state index in [1.807, 2.05) is 0 Å². The molecule has 8 heteroatoms. The second-order valence-corrected chi connectivity index (χ2v) is 9.03. The van der Waals surface area contributed by atoms with Crippen LogP contribution in [0.2, 0.25) is 0 Å². The second kappa shape index (κ2) is 8.58. The van der Waals surface area contributed by atoms with Crippen molar-refractivity contribution in [1.82, 2.24) is 10.6 Å². The van der Waals surface area contributed by atoms with Crippen LogP contribution in [0.1, 0.15) is 28.8 Å². The lowest BCUT2D eigenvalue weighted by Crippen LogP contribution is -2.42. The van der Waals surface area contributed by atoms with Gasteiger partial charge >= 0.3 is 0 Å². The van der Waals surface area contributed by atoms with Gasteiger partial charge in [0.05, 0.1) is 10.8 Å². The molecule has 1 saturated heterocycles. The largest absolute Gasteiger partial charge is 0.334 e. The fraction of sp³-hybridized carbons (Fsp3) is 0.200. The van der Waals surface area contributed by atoms with Crippen molar-refractivity contribution < 1.29 is 18.0 Å². The van der Waals surface area contributed by atoms with E-state index >= 15 is 0 Å². The van der Waals surface area contributed by atoms with E-state index < -0.39 is 27.0 Å². The van der Waals surface area contributed by atoms with E-state index in [0.29, 0.717) is 24.0 Å². The number of rotatable bonds is 5. The highest BCUT2D eigenvalue weighted by Crippen LogP contribution is 2.24. The number of amides is 2. The van der Waals surface area contributed by atoms with Crippen LogP contribution in [-0.4, -0.2) is 31.4 Å². The number of halogens is 1. The first kappa shape index (κ1) is 20.1. The Morgan fingerprint density at radius 3 is 2.04 bits per heavy atom. The highest BCUT2D eigenvalue weighted by Gasteiger charge is 2.34. The molecule has 28 heavy (non-hydrogen) atoms. The molecule has 1 aliphatic rings. The Kier molecular flexibility index (Phi) is 6.16. The third-order valence-electron chi connectivity index (χ3n) is 4.37. The molecule has 0 saturated carbocycles. The zero-order chi connectivity index (χ0) is 20.1. The lowest BCUT2D eigenvalue weighted by molar-refractivity contribution is -0.118. The Morgan fingerprint density at radius 1 is 0.929 bits per heavy atom. The molecule has 2 aromatic carbocycles. The van der Waals surface area contributed by atoms with Crippen LogP contribution in [0.3, 0.4) is 0 Å². The number of hydrogen-bond donors (Lipinski definition) is 2. The molecular formula is C20H19ClN2O4S. The number of hydrogen-bond acceptors (Lipinski definition) is 4. The maximum absolute atomic E-state index is 12.8. The van der Waals surface area contributed by atoms with Crippen molar-refractivity contribution in [3.63, 3.8) is 0 Å². The topological polar surface area (TPSA) is 92.3 Å². The first-order valence-electron chi connectivity index (χ1n) is 8.72. The predicted octanol–water partition coefficient (Wildman–Crippen LogP) is 2.67. The molecule has 0 aliphatic carbocycles. The molecule has 2 aromatic rings. The van der Waals surface area contributed by atoms with E-state index in [2.05, 4.69) is 10.6 Å². The smallest absolute Gasteiger partial charge is 0.270 e. The summed E-state index contributed by atoms with van der Waals surface area (Å²) in [5.74, 6) is -1.23. The standard InChI is InChI=1S/C20H19ClN2O4S/c21-17(14-8-3-1-4-9-14)18(23-19(24)15-10-5-2-6-11-15)20(25)22-16-12-7-13-28(16,26)27/h1-6,8-11,16H,7,12-13H2,(H,22,25)(H,23,24)/b18-17+/t16-/m0/s1. The molecule has 0 unspecified atom stereocenters.